The van der Waals surface area contributed by atoms with Crippen LogP contribution in [0.5, 0.6) is 5.75 Å². The Morgan fingerprint density at radius 2 is 1.77 bits per heavy atom. The molecular weight excluding hydrogens is 334 g/mol. The summed E-state index contributed by atoms with van der Waals surface area (Å²) in [7, 11) is 2.47. The Balaban J connectivity index is 2.10. The number of anilines is 1. The Kier molecular flexibility index (Phi) is 6.79. The Labute approximate surface area is 152 Å². The molecule has 0 spiro atoms. The predicted molar refractivity (Wildman–Crippen MR) is 97.7 cm³/mol. The van der Waals surface area contributed by atoms with E-state index >= 15 is 0 Å². The quantitative estimate of drug-likeness (QED) is 0.607. The molecule has 6 heteroatoms. The first-order valence-electron chi connectivity index (χ1n) is 7.96. The molecule has 0 bridgehead atoms. The fourth-order valence-corrected chi connectivity index (χ4v) is 2.21. The summed E-state index contributed by atoms with van der Waals surface area (Å²) >= 11 is 0. The third kappa shape index (κ3) is 5.37. The Morgan fingerprint density at radius 3 is 2.38 bits per heavy atom. The molecule has 26 heavy (non-hydrogen) atoms. The molecule has 1 N–H and O–H groups in total. The van der Waals surface area contributed by atoms with E-state index in [1.54, 1.807) is 12.1 Å². The lowest BCUT2D eigenvalue weighted by molar-refractivity contribution is -0.138. The lowest BCUT2D eigenvalue weighted by Crippen LogP contribution is -2.15. The van der Waals surface area contributed by atoms with E-state index in [4.69, 9.17) is 4.74 Å². The lowest BCUT2D eigenvalue weighted by atomic mass is 10.2. The van der Waals surface area contributed by atoms with E-state index in [0.717, 1.165) is 23.0 Å². The zero-order valence-corrected chi connectivity index (χ0v) is 14.9. The number of hydrogen-bond acceptors (Lipinski definition) is 6. The van der Waals surface area contributed by atoms with E-state index < -0.39 is 11.9 Å². The molecule has 0 aromatic heterocycles. The monoisotopic (exact) mass is 355 g/mol. The number of aryl methyl sites for hydroxylation is 1. The molecule has 0 amide bonds. The van der Waals surface area contributed by atoms with Gasteiger partial charge in [-0.05, 0) is 36.2 Å². The highest BCUT2D eigenvalue weighted by Crippen LogP contribution is 2.24. The van der Waals surface area contributed by atoms with Crippen molar-refractivity contribution in [3.05, 3.63) is 71.4 Å². The average Bonchev–Trinajstić information content (AvgIpc) is 2.66. The van der Waals surface area contributed by atoms with Crippen LogP contribution in [-0.2, 0) is 25.7 Å². The highest BCUT2D eigenvalue weighted by atomic mass is 16.5. The van der Waals surface area contributed by atoms with Crippen molar-refractivity contribution in [3.8, 4) is 5.75 Å². The van der Waals surface area contributed by atoms with Crippen LogP contribution < -0.4 is 10.1 Å². The Morgan fingerprint density at radius 1 is 1.04 bits per heavy atom. The second-order valence-electron chi connectivity index (χ2n) is 5.45. The third-order valence-corrected chi connectivity index (χ3v) is 3.56. The molecule has 6 nitrogen and oxygen atoms in total. The van der Waals surface area contributed by atoms with Crippen molar-refractivity contribution in [1.29, 1.82) is 0 Å². The van der Waals surface area contributed by atoms with E-state index in [0.29, 0.717) is 12.3 Å². The fourth-order valence-electron chi connectivity index (χ4n) is 2.21. The number of ether oxygens (including phenoxy) is 3. The maximum atomic E-state index is 11.8. The number of carbonyl (C=O) groups excluding carboxylic acids is 2. The Bertz CT molecular complexity index is 799. The number of methoxy groups -OCH3 is 2. The second kappa shape index (κ2) is 9.27. The van der Waals surface area contributed by atoms with Gasteiger partial charge in [-0.25, -0.2) is 9.59 Å². The summed E-state index contributed by atoms with van der Waals surface area (Å²) < 4.78 is 15.0. The van der Waals surface area contributed by atoms with Crippen LogP contribution in [0.25, 0.3) is 0 Å². The SMILES string of the molecule is COC(=O)/C=C(/Nc1ccc(OCc2ccccc2)c(C)c1)C(=O)OC. The standard InChI is InChI=1S/C20H21NO5/c1-14-11-16(21-17(20(23)25-3)12-19(22)24-2)9-10-18(14)26-13-15-7-5-4-6-8-15/h4-12,21H,13H2,1-3H3/b17-12+. The molecule has 2 aromatic rings. The van der Waals surface area contributed by atoms with Gasteiger partial charge in [0.1, 0.15) is 18.1 Å². The molecule has 2 rings (SSSR count). The molecule has 0 aliphatic carbocycles. The van der Waals surface area contributed by atoms with Crippen molar-refractivity contribution in [2.75, 3.05) is 19.5 Å². The molecule has 0 fully saturated rings. The van der Waals surface area contributed by atoms with Gasteiger partial charge in [0.25, 0.3) is 0 Å². The highest BCUT2D eigenvalue weighted by Gasteiger charge is 2.13. The van der Waals surface area contributed by atoms with Gasteiger partial charge in [-0.3, -0.25) is 0 Å². The number of esters is 2. The van der Waals surface area contributed by atoms with Gasteiger partial charge in [0.2, 0.25) is 0 Å². The van der Waals surface area contributed by atoms with E-state index in [1.165, 1.54) is 14.2 Å². The van der Waals surface area contributed by atoms with Crippen LogP contribution in [0.1, 0.15) is 11.1 Å². The van der Waals surface area contributed by atoms with Crippen molar-refractivity contribution in [1.82, 2.24) is 0 Å². The minimum atomic E-state index is -0.669. The zero-order chi connectivity index (χ0) is 18.9. The van der Waals surface area contributed by atoms with Gasteiger partial charge in [0.15, 0.2) is 0 Å². The van der Waals surface area contributed by atoms with Crippen LogP contribution in [0.4, 0.5) is 5.69 Å². The third-order valence-electron chi connectivity index (χ3n) is 3.56. The molecule has 0 atom stereocenters. The first-order chi connectivity index (χ1) is 12.5. The first kappa shape index (κ1) is 19.1. The smallest absolute Gasteiger partial charge is 0.354 e. The highest BCUT2D eigenvalue weighted by molar-refractivity contribution is 5.98. The topological polar surface area (TPSA) is 73.9 Å². The normalized spacial score (nSPS) is 10.8. The van der Waals surface area contributed by atoms with Crippen LogP contribution in [0, 0.1) is 6.92 Å². The molecule has 0 aliphatic heterocycles. The molecule has 0 saturated heterocycles. The van der Waals surface area contributed by atoms with Gasteiger partial charge in [0.05, 0.1) is 20.3 Å². The predicted octanol–water partition coefficient (Wildman–Crippen LogP) is 3.22. The molecule has 0 heterocycles. The summed E-state index contributed by atoms with van der Waals surface area (Å²) in [6, 6.07) is 15.2. The molecule has 0 aliphatic rings. The minimum Gasteiger partial charge on any atom is -0.489 e. The van der Waals surface area contributed by atoms with Gasteiger partial charge in [0, 0.05) is 5.69 Å². The van der Waals surface area contributed by atoms with Gasteiger partial charge >= 0.3 is 11.9 Å². The van der Waals surface area contributed by atoms with Crippen molar-refractivity contribution >= 4 is 17.6 Å². The summed E-state index contributed by atoms with van der Waals surface area (Å²) in [5, 5.41) is 2.87. The molecule has 2 aromatic carbocycles. The van der Waals surface area contributed by atoms with E-state index in [2.05, 4.69) is 14.8 Å². The molecule has 0 unspecified atom stereocenters. The number of hydrogen-bond donors (Lipinski definition) is 1. The van der Waals surface area contributed by atoms with E-state index in [-0.39, 0.29) is 5.70 Å². The zero-order valence-electron chi connectivity index (χ0n) is 14.9. The molecule has 136 valence electrons. The van der Waals surface area contributed by atoms with Crippen LogP contribution in [0.2, 0.25) is 0 Å². The summed E-state index contributed by atoms with van der Waals surface area (Å²) in [6.45, 7) is 2.36. The number of rotatable bonds is 7. The molecule has 0 saturated carbocycles. The van der Waals surface area contributed by atoms with Crippen molar-refractivity contribution in [2.45, 2.75) is 13.5 Å². The maximum Gasteiger partial charge on any atom is 0.354 e. The van der Waals surface area contributed by atoms with Crippen molar-refractivity contribution in [3.63, 3.8) is 0 Å². The van der Waals surface area contributed by atoms with E-state index in [9.17, 15) is 9.59 Å². The first-order valence-corrected chi connectivity index (χ1v) is 7.96. The summed E-state index contributed by atoms with van der Waals surface area (Å²) in [5.41, 5.74) is 2.56. The van der Waals surface area contributed by atoms with Crippen molar-refractivity contribution < 1.29 is 23.8 Å². The van der Waals surface area contributed by atoms with Crippen LogP contribution in [-0.4, -0.2) is 26.2 Å². The summed E-state index contributed by atoms with van der Waals surface area (Å²) in [6.07, 6.45) is 1.04. The van der Waals surface area contributed by atoms with Gasteiger partial charge < -0.3 is 19.5 Å². The second-order valence-corrected chi connectivity index (χ2v) is 5.45. The fraction of sp³-hybridized carbons (Fsp3) is 0.200. The van der Waals surface area contributed by atoms with Crippen molar-refractivity contribution in [2.24, 2.45) is 0 Å². The van der Waals surface area contributed by atoms with Gasteiger partial charge in [-0.1, -0.05) is 30.3 Å². The largest absolute Gasteiger partial charge is 0.489 e. The number of benzene rings is 2. The molecule has 0 radical (unpaired) electrons. The van der Waals surface area contributed by atoms with E-state index in [1.807, 2.05) is 43.3 Å². The Hall–Kier alpha value is -3.28. The van der Waals surface area contributed by atoms with Crippen LogP contribution >= 0.6 is 0 Å². The number of carbonyl (C=O) groups is 2. The molecular formula is C20H21NO5. The van der Waals surface area contributed by atoms with Crippen LogP contribution in [0.15, 0.2) is 60.3 Å². The average molecular weight is 355 g/mol. The lowest BCUT2D eigenvalue weighted by Gasteiger charge is -2.13. The van der Waals surface area contributed by atoms with Crippen LogP contribution in [0.3, 0.4) is 0 Å². The number of nitrogens with one attached hydrogen (secondary N) is 1. The summed E-state index contributed by atoms with van der Waals surface area (Å²) in [4.78, 5) is 23.2. The van der Waals surface area contributed by atoms with Gasteiger partial charge in [-0.2, -0.15) is 0 Å². The van der Waals surface area contributed by atoms with Gasteiger partial charge in [-0.15, -0.1) is 0 Å². The summed E-state index contributed by atoms with van der Waals surface area (Å²) in [5.74, 6) is -0.592. The minimum absolute atomic E-state index is 0.0169. The maximum absolute atomic E-state index is 11.8.